The minimum atomic E-state index is -0.264. The van der Waals surface area contributed by atoms with Crippen LogP contribution in [0.5, 0.6) is 0 Å². The van der Waals surface area contributed by atoms with Crippen LogP contribution in [-0.4, -0.2) is 11.9 Å². The van der Waals surface area contributed by atoms with Gasteiger partial charge in [-0.1, -0.05) is 34.1 Å². The van der Waals surface area contributed by atoms with Crippen LogP contribution in [-0.2, 0) is 4.79 Å². The number of carbonyl (C=O) groups excluding carboxylic acids is 2. The van der Waals surface area contributed by atoms with Gasteiger partial charge in [-0.25, -0.2) is 4.79 Å². The van der Waals surface area contributed by atoms with Crippen molar-refractivity contribution >= 4 is 39.2 Å². The van der Waals surface area contributed by atoms with Crippen molar-refractivity contribution in [1.29, 1.82) is 0 Å². The van der Waals surface area contributed by atoms with Gasteiger partial charge in [0.1, 0.15) is 0 Å². The number of hydrogen-bond acceptors (Lipinski definition) is 2. The quantitative estimate of drug-likeness (QED) is 0.643. The maximum atomic E-state index is 12.2. The van der Waals surface area contributed by atoms with Crippen LogP contribution in [0, 0.1) is 12.8 Å². The van der Waals surface area contributed by atoms with Gasteiger partial charge in [-0.05, 0) is 62.1 Å². The first-order valence-electron chi connectivity index (χ1n) is 8.67. The minimum Gasteiger partial charge on any atom is -0.331 e. The van der Waals surface area contributed by atoms with Gasteiger partial charge in [-0.2, -0.15) is 0 Å². The molecule has 0 saturated heterocycles. The van der Waals surface area contributed by atoms with Gasteiger partial charge in [0.25, 0.3) is 0 Å². The highest BCUT2D eigenvalue weighted by atomic mass is 79.9. The highest BCUT2D eigenvalue weighted by molar-refractivity contribution is 9.10. The third-order valence-corrected chi connectivity index (χ3v) is 5.26. The first-order valence-corrected chi connectivity index (χ1v) is 9.46. The standard InChI is InChI=1S/C20H22BrN3O2/c1-12-3-8-17(11-18(12)21)24-20(26)22-13(2)14-6-9-16(10-7-14)23-19(25)15-4-5-15/h3,6-11,13,15H,4-5H2,1-2H3,(H,23,25)(H2,22,24,26). The molecule has 0 heterocycles. The molecule has 136 valence electrons. The van der Waals surface area contributed by atoms with E-state index in [9.17, 15) is 9.59 Å². The number of amides is 3. The van der Waals surface area contributed by atoms with Gasteiger partial charge in [0.15, 0.2) is 0 Å². The summed E-state index contributed by atoms with van der Waals surface area (Å²) in [4.78, 5) is 24.0. The summed E-state index contributed by atoms with van der Waals surface area (Å²) in [7, 11) is 0. The number of anilines is 2. The van der Waals surface area contributed by atoms with Crippen molar-refractivity contribution in [2.24, 2.45) is 5.92 Å². The van der Waals surface area contributed by atoms with Crippen LogP contribution in [0.25, 0.3) is 0 Å². The Morgan fingerprint density at radius 3 is 2.31 bits per heavy atom. The number of nitrogens with one attached hydrogen (secondary N) is 3. The van der Waals surface area contributed by atoms with E-state index < -0.39 is 0 Å². The lowest BCUT2D eigenvalue weighted by Gasteiger charge is -2.16. The number of carbonyl (C=O) groups is 2. The molecule has 3 amide bonds. The normalized spacial score (nSPS) is 14.4. The van der Waals surface area contributed by atoms with Crippen molar-refractivity contribution in [3.8, 4) is 0 Å². The van der Waals surface area contributed by atoms with Crippen molar-refractivity contribution in [3.05, 3.63) is 58.1 Å². The number of urea groups is 1. The van der Waals surface area contributed by atoms with Gasteiger partial charge in [0, 0.05) is 21.8 Å². The van der Waals surface area contributed by atoms with E-state index in [0.29, 0.717) is 0 Å². The Balaban J connectivity index is 1.54. The molecule has 3 rings (SSSR count). The SMILES string of the molecule is Cc1ccc(NC(=O)NC(C)c2ccc(NC(=O)C3CC3)cc2)cc1Br. The molecule has 6 heteroatoms. The molecule has 2 aromatic rings. The van der Waals surface area contributed by atoms with E-state index in [-0.39, 0.29) is 23.9 Å². The molecule has 0 bridgehead atoms. The molecule has 5 nitrogen and oxygen atoms in total. The van der Waals surface area contributed by atoms with Gasteiger partial charge < -0.3 is 16.0 Å². The van der Waals surface area contributed by atoms with Crippen LogP contribution in [0.15, 0.2) is 46.9 Å². The van der Waals surface area contributed by atoms with E-state index in [2.05, 4.69) is 31.9 Å². The summed E-state index contributed by atoms with van der Waals surface area (Å²) >= 11 is 3.46. The fourth-order valence-electron chi connectivity index (χ4n) is 2.56. The van der Waals surface area contributed by atoms with E-state index in [4.69, 9.17) is 0 Å². The maximum absolute atomic E-state index is 12.2. The smallest absolute Gasteiger partial charge is 0.319 e. The molecule has 1 saturated carbocycles. The highest BCUT2D eigenvalue weighted by Gasteiger charge is 2.29. The topological polar surface area (TPSA) is 70.2 Å². The average molecular weight is 416 g/mol. The summed E-state index contributed by atoms with van der Waals surface area (Å²) in [6.45, 7) is 3.91. The Bertz CT molecular complexity index is 816. The molecule has 1 unspecified atom stereocenters. The largest absolute Gasteiger partial charge is 0.331 e. The summed E-state index contributed by atoms with van der Waals surface area (Å²) in [6.07, 6.45) is 1.97. The lowest BCUT2D eigenvalue weighted by molar-refractivity contribution is -0.117. The molecule has 1 aliphatic carbocycles. The molecular weight excluding hydrogens is 394 g/mol. The van der Waals surface area contributed by atoms with Crippen LogP contribution >= 0.6 is 15.9 Å². The Hall–Kier alpha value is -2.34. The first kappa shape index (κ1) is 18.5. The average Bonchev–Trinajstić information content (AvgIpc) is 3.44. The Labute approximate surface area is 161 Å². The molecule has 1 fully saturated rings. The third-order valence-electron chi connectivity index (χ3n) is 4.40. The van der Waals surface area contributed by atoms with Crippen LogP contribution in [0.3, 0.4) is 0 Å². The second-order valence-corrected chi connectivity index (χ2v) is 7.52. The van der Waals surface area contributed by atoms with E-state index in [1.165, 1.54) is 0 Å². The molecule has 0 aliphatic heterocycles. The molecule has 0 aromatic heterocycles. The summed E-state index contributed by atoms with van der Waals surface area (Å²) in [5, 5.41) is 8.66. The van der Waals surface area contributed by atoms with E-state index in [1.54, 1.807) is 0 Å². The molecular formula is C20H22BrN3O2. The number of halogens is 1. The number of benzene rings is 2. The fourth-order valence-corrected chi connectivity index (χ4v) is 2.94. The molecule has 3 N–H and O–H groups in total. The van der Waals surface area contributed by atoms with Crippen molar-refractivity contribution < 1.29 is 9.59 Å². The van der Waals surface area contributed by atoms with Gasteiger partial charge in [-0.15, -0.1) is 0 Å². The summed E-state index contributed by atoms with van der Waals surface area (Å²) in [5.74, 6) is 0.272. The highest BCUT2D eigenvalue weighted by Crippen LogP contribution is 2.30. The monoisotopic (exact) mass is 415 g/mol. The predicted octanol–water partition coefficient (Wildman–Crippen LogP) is 4.99. The summed E-state index contributed by atoms with van der Waals surface area (Å²) in [5.41, 5.74) is 3.59. The number of hydrogen-bond donors (Lipinski definition) is 3. The zero-order valence-corrected chi connectivity index (χ0v) is 16.4. The molecule has 0 spiro atoms. The number of rotatable bonds is 5. The maximum Gasteiger partial charge on any atom is 0.319 e. The second kappa shape index (κ2) is 7.91. The Morgan fingerprint density at radius 1 is 1.04 bits per heavy atom. The number of aryl methyl sites for hydroxylation is 1. The zero-order chi connectivity index (χ0) is 18.7. The zero-order valence-electron chi connectivity index (χ0n) is 14.8. The van der Waals surface area contributed by atoms with Gasteiger partial charge in [0.2, 0.25) is 5.91 Å². The molecule has 1 aliphatic rings. The van der Waals surface area contributed by atoms with Crippen LogP contribution in [0.2, 0.25) is 0 Å². The molecule has 1 atom stereocenters. The van der Waals surface area contributed by atoms with Gasteiger partial charge >= 0.3 is 6.03 Å². The predicted molar refractivity (Wildman–Crippen MR) is 107 cm³/mol. The lowest BCUT2D eigenvalue weighted by atomic mass is 10.1. The minimum absolute atomic E-state index is 0.0903. The van der Waals surface area contributed by atoms with Crippen molar-refractivity contribution in [1.82, 2.24) is 5.32 Å². The molecule has 26 heavy (non-hydrogen) atoms. The lowest BCUT2D eigenvalue weighted by Crippen LogP contribution is -2.31. The third kappa shape index (κ3) is 4.85. The van der Waals surface area contributed by atoms with Crippen LogP contribution in [0.4, 0.5) is 16.2 Å². The van der Waals surface area contributed by atoms with E-state index in [0.717, 1.165) is 39.8 Å². The van der Waals surface area contributed by atoms with Crippen molar-refractivity contribution in [2.45, 2.75) is 32.7 Å². The molecule has 2 aromatic carbocycles. The van der Waals surface area contributed by atoms with Gasteiger partial charge in [0.05, 0.1) is 6.04 Å². The van der Waals surface area contributed by atoms with Gasteiger partial charge in [-0.3, -0.25) is 4.79 Å². The van der Waals surface area contributed by atoms with Crippen LogP contribution < -0.4 is 16.0 Å². The van der Waals surface area contributed by atoms with Crippen LogP contribution in [0.1, 0.15) is 36.9 Å². The first-order chi connectivity index (χ1) is 12.4. The summed E-state index contributed by atoms with van der Waals surface area (Å²) in [6, 6.07) is 12.8. The Kier molecular flexibility index (Phi) is 5.61. The fraction of sp³-hybridized carbons (Fsp3) is 0.300. The molecule has 0 radical (unpaired) electrons. The van der Waals surface area contributed by atoms with Crippen molar-refractivity contribution in [3.63, 3.8) is 0 Å². The van der Waals surface area contributed by atoms with Crippen molar-refractivity contribution in [2.75, 3.05) is 10.6 Å². The summed E-state index contributed by atoms with van der Waals surface area (Å²) < 4.78 is 0.951. The van der Waals surface area contributed by atoms with E-state index >= 15 is 0 Å². The second-order valence-electron chi connectivity index (χ2n) is 6.67. The Morgan fingerprint density at radius 2 is 1.69 bits per heavy atom. The van der Waals surface area contributed by atoms with E-state index in [1.807, 2.05) is 56.3 Å².